The van der Waals surface area contributed by atoms with Gasteiger partial charge in [0.05, 0.1) is 0 Å². The van der Waals surface area contributed by atoms with Crippen LogP contribution in [0, 0.1) is 11.3 Å². The molecule has 1 saturated heterocycles. The molecule has 0 radical (unpaired) electrons. The largest absolute Gasteiger partial charge is 0.396 e. The maximum absolute atomic E-state index is 9.18. The minimum absolute atomic E-state index is 0.377. The quantitative estimate of drug-likeness (QED) is 0.728. The van der Waals surface area contributed by atoms with E-state index in [9.17, 15) is 5.11 Å². The minimum Gasteiger partial charge on any atom is -0.396 e. The fourth-order valence-corrected chi connectivity index (χ4v) is 2.84. The number of nitrogens with one attached hydrogen (secondary N) is 1. The average Bonchev–Trinajstić information content (AvgIpc) is 3.21. The number of aliphatic hydroxyl groups excluding tert-OH is 1. The molecule has 18 heavy (non-hydrogen) atoms. The second-order valence-corrected chi connectivity index (χ2v) is 6.72. The maximum Gasteiger partial charge on any atom is 0.0460 e. The molecular weight excluding hydrogens is 224 g/mol. The van der Waals surface area contributed by atoms with Crippen LogP contribution < -0.4 is 5.32 Å². The normalized spacial score (nSPS) is 26.2. The molecule has 0 spiro atoms. The van der Waals surface area contributed by atoms with Gasteiger partial charge in [-0.3, -0.25) is 0 Å². The van der Waals surface area contributed by atoms with Crippen LogP contribution in [-0.2, 0) is 0 Å². The molecule has 1 unspecified atom stereocenters. The van der Waals surface area contributed by atoms with Gasteiger partial charge in [0.25, 0.3) is 0 Å². The van der Waals surface area contributed by atoms with E-state index in [1.165, 1.54) is 51.7 Å². The van der Waals surface area contributed by atoms with Crippen molar-refractivity contribution < 1.29 is 5.11 Å². The van der Waals surface area contributed by atoms with Crippen LogP contribution >= 0.6 is 0 Å². The van der Waals surface area contributed by atoms with Crippen molar-refractivity contribution in [3.63, 3.8) is 0 Å². The SMILES string of the molecule is CCC(C)(CNC1CC1)CN1CCC(CO)CC1. The zero-order chi connectivity index (χ0) is 13.0. The Bertz CT molecular complexity index is 247. The van der Waals surface area contributed by atoms with Gasteiger partial charge in [0.2, 0.25) is 0 Å². The molecule has 2 rings (SSSR count). The molecule has 0 aromatic carbocycles. The van der Waals surface area contributed by atoms with Gasteiger partial charge < -0.3 is 15.3 Å². The molecule has 2 N–H and O–H groups in total. The molecule has 2 aliphatic rings. The molecule has 0 amide bonds. The summed E-state index contributed by atoms with van der Waals surface area (Å²) in [5.74, 6) is 0.554. The van der Waals surface area contributed by atoms with Gasteiger partial charge in [0.15, 0.2) is 0 Å². The number of rotatable bonds is 7. The zero-order valence-corrected chi connectivity index (χ0v) is 12.1. The monoisotopic (exact) mass is 254 g/mol. The molecule has 1 aliphatic carbocycles. The third-order valence-corrected chi connectivity index (χ3v) is 4.82. The van der Waals surface area contributed by atoms with Gasteiger partial charge in [0.1, 0.15) is 0 Å². The first-order chi connectivity index (χ1) is 8.65. The highest BCUT2D eigenvalue weighted by atomic mass is 16.3. The van der Waals surface area contributed by atoms with Crippen LogP contribution in [0.5, 0.6) is 0 Å². The van der Waals surface area contributed by atoms with Crippen molar-refractivity contribution in [3.05, 3.63) is 0 Å². The Labute approximate surface area is 112 Å². The summed E-state index contributed by atoms with van der Waals surface area (Å²) in [5, 5.41) is 12.9. The standard InChI is InChI=1S/C15H30N2O/c1-3-15(2,11-16-14-4-5-14)12-17-8-6-13(10-18)7-9-17/h13-14,16,18H,3-12H2,1-2H3. The predicted octanol–water partition coefficient (Wildman–Crippen LogP) is 1.86. The third-order valence-electron chi connectivity index (χ3n) is 4.82. The maximum atomic E-state index is 9.18. The zero-order valence-electron chi connectivity index (χ0n) is 12.1. The molecule has 2 fully saturated rings. The minimum atomic E-state index is 0.377. The lowest BCUT2D eigenvalue weighted by Crippen LogP contribution is -2.45. The van der Waals surface area contributed by atoms with Crippen LogP contribution in [0.2, 0.25) is 0 Å². The Balaban J connectivity index is 1.74. The first kappa shape index (κ1) is 14.3. The van der Waals surface area contributed by atoms with E-state index in [1.54, 1.807) is 0 Å². The summed E-state index contributed by atoms with van der Waals surface area (Å²) < 4.78 is 0. The molecule has 0 bridgehead atoms. The van der Waals surface area contributed by atoms with Crippen LogP contribution in [0.25, 0.3) is 0 Å². The van der Waals surface area contributed by atoms with Gasteiger partial charge in [-0.2, -0.15) is 0 Å². The van der Waals surface area contributed by atoms with Crippen molar-refractivity contribution >= 4 is 0 Å². The highest BCUT2D eigenvalue weighted by Gasteiger charge is 2.30. The Morgan fingerprint density at radius 2 is 1.89 bits per heavy atom. The van der Waals surface area contributed by atoms with Crippen LogP contribution in [-0.4, -0.2) is 48.8 Å². The predicted molar refractivity (Wildman–Crippen MR) is 75.7 cm³/mol. The molecule has 106 valence electrons. The smallest absolute Gasteiger partial charge is 0.0460 e. The highest BCUT2D eigenvalue weighted by Crippen LogP contribution is 2.27. The van der Waals surface area contributed by atoms with Gasteiger partial charge in [0, 0.05) is 25.7 Å². The Hall–Kier alpha value is -0.120. The molecule has 1 heterocycles. The Kier molecular flexibility index (Phi) is 5.05. The molecule has 1 saturated carbocycles. The van der Waals surface area contributed by atoms with E-state index in [0.717, 1.165) is 12.6 Å². The molecule has 3 heteroatoms. The van der Waals surface area contributed by atoms with Crippen molar-refractivity contribution in [3.8, 4) is 0 Å². The summed E-state index contributed by atoms with van der Waals surface area (Å²) >= 11 is 0. The number of aliphatic hydroxyl groups is 1. The van der Waals surface area contributed by atoms with Crippen LogP contribution in [0.3, 0.4) is 0 Å². The van der Waals surface area contributed by atoms with E-state index in [-0.39, 0.29) is 0 Å². The summed E-state index contributed by atoms with van der Waals surface area (Å²) in [7, 11) is 0. The van der Waals surface area contributed by atoms with Gasteiger partial charge in [-0.05, 0) is 56.5 Å². The van der Waals surface area contributed by atoms with E-state index in [4.69, 9.17) is 0 Å². The number of hydrogen-bond acceptors (Lipinski definition) is 3. The van der Waals surface area contributed by atoms with Gasteiger partial charge in [-0.15, -0.1) is 0 Å². The molecule has 1 aliphatic heterocycles. The third kappa shape index (κ3) is 4.22. The summed E-state index contributed by atoms with van der Waals surface area (Å²) in [6.45, 7) is 9.82. The van der Waals surface area contributed by atoms with Crippen molar-refractivity contribution in [2.45, 2.75) is 52.0 Å². The van der Waals surface area contributed by atoms with Crippen molar-refractivity contribution in [2.75, 3.05) is 32.8 Å². The number of hydrogen-bond donors (Lipinski definition) is 2. The average molecular weight is 254 g/mol. The summed E-state index contributed by atoms with van der Waals surface area (Å²) in [5.41, 5.74) is 0.411. The molecule has 3 nitrogen and oxygen atoms in total. The lowest BCUT2D eigenvalue weighted by molar-refractivity contribution is 0.0920. The summed E-state index contributed by atoms with van der Waals surface area (Å²) in [6.07, 6.45) is 6.34. The topological polar surface area (TPSA) is 35.5 Å². The van der Waals surface area contributed by atoms with E-state index < -0.39 is 0 Å². The first-order valence-corrected chi connectivity index (χ1v) is 7.72. The Morgan fingerprint density at radius 3 is 2.39 bits per heavy atom. The van der Waals surface area contributed by atoms with Crippen LogP contribution in [0.1, 0.15) is 46.0 Å². The Morgan fingerprint density at radius 1 is 1.22 bits per heavy atom. The van der Waals surface area contributed by atoms with Crippen LogP contribution in [0.4, 0.5) is 0 Å². The molecule has 1 atom stereocenters. The second-order valence-electron chi connectivity index (χ2n) is 6.72. The van der Waals surface area contributed by atoms with Gasteiger partial charge in [-0.25, -0.2) is 0 Å². The number of piperidine rings is 1. The number of nitrogens with zero attached hydrogens (tertiary/aromatic N) is 1. The summed E-state index contributed by atoms with van der Waals surface area (Å²) in [4.78, 5) is 2.60. The fourth-order valence-electron chi connectivity index (χ4n) is 2.84. The van der Waals surface area contributed by atoms with Crippen molar-refractivity contribution in [1.29, 1.82) is 0 Å². The van der Waals surface area contributed by atoms with Gasteiger partial charge in [-0.1, -0.05) is 13.8 Å². The molecular formula is C15H30N2O. The van der Waals surface area contributed by atoms with E-state index >= 15 is 0 Å². The highest BCUT2D eigenvalue weighted by molar-refractivity contribution is 4.87. The molecule has 0 aromatic rings. The lowest BCUT2D eigenvalue weighted by atomic mass is 9.85. The fraction of sp³-hybridized carbons (Fsp3) is 1.00. The van der Waals surface area contributed by atoms with Gasteiger partial charge >= 0.3 is 0 Å². The van der Waals surface area contributed by atoms with Crippen molar-refractivity contribution in [1.82, 2.24) is 10.2 Å². The number of likely N-dealkylation sites (tertiary alicyclic amines) is 1. The van der Waals surface area contributed by atoms with E-state index in [2.05, 4.69) is 24.1 Å². The van der Waals surface area contributed by atoms with E-state index in [1.807, 2.05) is 0 Å². The van der Waals surface area contributed by atoms with Crippen molar-refractivity contribution in [2.24, 2.45) is 11.3 Å². The van der Waals surface area contributed by atoms with E-state index in [0.29, 0.717) is 17.9 Å². The second kappa shape index (κ2) is 6.36. The first-order valence-electron chi connectivity index (χ1n) is 7.72. The summed E-state index contributed by atoms with van der Waals surface area (Å²) in [6, 6.07) is 0.816. The van der Waals surface area contributed by atoms with Crippen LogP contribution in [0.15, 0.2) is 0 Å². The lowest BCUT2D eigenvalue weighted by Gasteiger charge is -2.38. The molecule has 0 aromatic heterocycles.